The molecule has 0 heterocycles. The molecular weight excluding hydrogens is 510 g/mol. The van der Waals surface area contributed by atoms with Gasteiger partial charge in [0.05, 0.1) is 0 Å². The lowest BCUT2D eigenvalue weighted by molar-refractivity contribution is -0.134. The van der Waals surface area contributed by atoms with Gasteiger partial charge < -0.3 is 19.5 Å². The first-order valence-corrected chi connectivity index (χ1v) is 18.0. The van der Waals surface area contributed by atoms with Crippen LogP contribution >= 0.6 is 0 Å². The minimum Gasteiger partial charge on any atom is -0.465 e. The second-order valence-electron chi connectivity index (χ2n) is 12.2. The van der Waals surface area contributed by atoms with Crippen molar-refractivity contribution in [3.05, 3.63) is 0 Å². The summed E-state index contributed by atoms with van der Waals surface area (Å²) >= 11 is 0. The van der Waals surface area contributed by atoms with Gasteiger partial charge in [-0.3, -0.25) is 4.79 Å². The van der Waals surface area contributed by atoms with E-state index < -0.39 is 0 Å². The molecule has 41 heavy (non-hydrogen) atoms. The monoisotopic (exact) mass is 584 g/mol. The Bertz CT molecular complexity index is 498. The van der Waals surface area contributed by atoms with Crippen LogP contribution in [0.25, 0.3) is 0 Å². The molecule has 0 aliphatic carbocycles. The lowest BCUT2D eigenvalue weighted by Crippen LogP contribution is -2.28. The number of nitrogens with zero attached hydrogens (tertiary/aromatic N) is 1. The third-order valence-corrected chi connectivity index (χ3v) is 7.97. The van der Waals surface area contributed by atoms with Crippen LogP contribution in [-0.2, 0) is 14.3 Å². The molecule has 0 fully saturated rings. The first-order chi connectivity index (χ1) is 20.0. The molecule has 0 aromatic heterocycles. The predicted octanol–water partition coefficient (Wildman–Crippen LogP) is 10.2. The van der Waals surface area contributed by atoms with Crippen LogP contribution in [0, 0.1) is 0 Å². The molecule has 0 rings (SSSR count). The minimum absolute atomic E-state index is 0.171. The second kappa shape index (κ2) is 37.1. The van der Waals surface area contributed by atoms with E-state index in [4.69, 9.17) is 9.84 Å². The van der Waals surface area contributed by atoms with Crippen molar-refractivity contribution in [1.82, 2.24) is 4.90 Å². The number of Topliss-reactive ketones (excluding diaryl/α,β-unsaturated/α-hetero) is 1. The molecule has 0 saturated heterocycles. The molecule has 0 aromatic carbocycles. The minimum atomic E-state index is 0.171. The molecule has 0 unspecified atom stereocenters. The highest BCUT2D eigenvalue weighted by atomic mass is 16.5. The van der Waals surface area contributed by atoms with Gasteiger partial charge in [0.1, 0.15) is 11.9 Å². The Balaban J connectivity index is 0. The second-order valence-corrected chi connectivity index (χ2v) is 12.2. The Hall–Kier alpha value is -0.940. The van der Waals surface area contributed by atoms with Crippen LogP contribution in [0.3, 0.4) is 0 Å². The SMILES string of the molecule is CCCCCCCCC(CCCCCCCC)OC=O.CCCCCCCCN(CCCO)CCCCCC(C)=O. The van der Waals surface area contributed by atoms with Crippen LogP contribution in [0.1, 0.15) is 188 Å². The average molecular weight is 584 g/mol. The number of ether oxygens (including phenoxy) is 1. The highest BCUT2D eigenvalue weighted by molar-refractivity contribution is 5.75. The normalized spacial score (nSPS) is 11.1. The average Bonchev–Trinajstić information content (AvgIpc) is 2.96. The molecule has 246 valence electrons. The molecule has 0 radical (unpaired) electrons. The molecule has 5 nitrogen and oxygen atoms in total. The number of aliphatic hydroxyl groups is 1. The Morgan fingerprint density at radius 3 is 1.41 bits per heavy atom. The van der Waals surface area contributed by atoms with Gasteiger partial charge in [0.2, 0.25) is 0 Å². The number of carbonyl (C=O) groups is 2. The number of hydrogen-bond acceptors (Lipinski definition) is 5. The van der Waals surface area contributed by atoms with Crippen molar-refractivity contribution in [3.63, 3.8) is 0 Å². The highest BCUT2D eigenvalue weighted by Crippen LogP contribution is 2.16. The van der Waals surface area contributed by atoms with Crippen molar-refractivity contribution in [2.75, 3.05) is 26.2 Å². The van der Waals surface area contributed by atoms with Gasteiger partial charge in [-0.25, -0.2) is 0 Å². The standard InChI is InChI=1S/C18H37NO2.C18H36O2/c1-3-4-5-6-7-10-14-19(16-12-17-20)15-11-8-9-13-18(2)21;1-3-5-7-9-11-13-15-18(20-17-19)16-14-12-10-8-6-4-2/h20H,3-17H2,1-2H3;17-18H,3-16H2,1-2H3. The number of rotatable bonds is 32. The zero-order chi connectivity index (χ0) is 30.7. The molecule has 0 amide bonds. The van der Waals surface area contributed by atoms with Crippen LogP contribution < -0.4 is 0 Å². The molecule has 0 atom stereocenters. The van der Waals surface area contributed by atoms with E-state index in [1.807, 2.05) is 0 Å². The molecular formula is C36H73NO4. The summed E-state index contributed by atoms with van der Waals surface area (Å²) in [6, 6.07) is 0. The topological polar surface area (TPSA) is 66.8 Å². The van der Waals surface area contributed by atoms with Gasteiger partial charge in [-0.1, -0.05) is 124 Å². The summed E-state index contributed by atoms with van der Waals surface area (Å²) in [6.07, 6.45) is 30.9. The van der Waals surface area contributed by atoms with Gasteiger partial charge in [-0.15, -0.1) is 0 Å². The van der Waals surface area contributed by atoms with Gasteiger partial charge in [0.15, 0.2) is 0 Å². The summed E-state index contributed by atoms with van der Waals surface area (Å²) in [5.41, 5.74) is 0. The zero-order valence-electron chi connectivity index (χ0n) is 28.3. The van der Waals surface area contributed by atoms with E-state index in [1.54, 1.807) is 6.92 Å². The fourth-order valence-electron chi connectivity index (χ4n) is 5.30. The van der Waals surface area contributed by atoms with E-state index in [0.29, 0.717) is 12.3 Å². The van der Waals surface area contributed by atoms with E-state index >= 15 is 0 Å². The lowest BCUT2D eigenvalue weighted by Gasteiger charge is -2.22. The fourth-order valence-corrected chi connectivity index (χ4v) is 5.30. The van der Waals surface area contributed by atoms with Crippen LogP contribution in [0.15, 0.2) is 0 Å². The van der Waals surface area contributed by atoms with E-state index in [-0.39, 0.29) is 12.7 Å². The summed E-state index contributed by atoms with van der Waals surface area (Å²) in [4.78, 5) is 23.9. The summed E-state index contributed by atoms with van der Waals surface area (Å²) < 4.78 is 5.22. The Labute approximate surface area is 257 Å². The molecule has 0 saturated carbocycles. The smallest absolute Gasteiger partial charge is 0.293 e. The van der Waals surface area contributed by atoms with E-state index in [2.05, 4.69) is 25.7 Å². The highest BCUT2D eigenvalue weighted by Gasteiger charge is 2.09. The van der Waals surface area contributed by atoms with Crippen molar-refractivity contribution in [1.29, 1.82) is 0 Å². The summed E-state index contributed by atoms with van der Waals surface area (Å²) in [5.74, 6) is 0.305. The number of unbranched alkanes of at least 4 members (excludes halogenated alkanes) is 17. The van der Waals surface area contributed by atoms with Crippen molar-refractivity contribution in [2.45, 2.75) is 194 Å². The summed E-state index contributed by atoms with van der Waals surface area (Å²) in [6.45, 7) is 12.6. The third kappa shape index (κ3) is 37.0. The first-order valence-electron chi connectivity index (χ1n) is 18.0. The predicted molar refractivity (Wildman–Crippen MR) is 178 cm³/mol. The van der Waals surface area contributed by atoms with Gasteiger partial charge in [0, 0.05) is 19.6 Å². The third-order valence-electron chi connectivity index (χ3n) is 7.97. The summed E-state index contributed by atoms with van der Waals surface area (Å²) in [7, 11) is 0. The molecule has 1 N–H and O–H groups in total. The van der Waals surface area contributed by atoms with Crippen molar-refractivity contribution in [3.8, 4) is 0 Å². The number of ketones is 1. The molecule has 5 heteroatoms. The maximum absolute atomic E-state index is 10.9. The lowest BCUT2D eigenvalue weighted by atomic mass is 10.0. The fraction of sp³-hybridized carbons (Fsp3) is 0.944. The molecule has 0 spiro atoms. The van der Waals surface area contributed by atoms with Gasteiger partial charge in [-0.2, -0.15) is 0 Å². The van der Waals surface area contributed by atoms with Crippen LogP contribution in [0.2, 0.25) is 0 Å². The van der Waals surface area contributed by atoms with E-state index in [1.165, 1.54) is 129 Å². The van der Waals surface area contributed by atoms with Gasteiger partial charge >= 0.3 is 0 Å². The number of carbonyl (C=O) groups excluding carboxylic acids is 2. The van der Waals surface area contributed by atoms with E-state index in [0.717, 1.165) is 51.6 Å². The summed E-state index contributed by atoms with van der Waals surface area (Å²) in [5, 5.41) is 8.99. The Morgan fingerprint density at radius 2 is 1.00 bits per heavy atom. The Morgan fingerprint density at radius 1 is 0.610 bits per heavy atom. The maximum atomic E-state index is 10.9. The van der Waals surface area contributed by atoms with Crippen molar-refractivity contribution >= 4 is 12.3 Å². The van der Waals surface area contributed by atoms with Crippen LogP contribution in [0.4, 0.5) is 0 Å². The molecule has 0 bridgehead atoms. The Kier molecular flexibility index (Phi) is 38.2. The quantitative estimate of drug-likeness (QED) is 0.0630. The number of aliphatic hydroxyl groups excluding tert-OH is 1. The van der Waals surface area contributed by atoms with Crippen molar-refractivity contribution < 1.29 is 19.4 Å². The van der Waals surface area contributed by atoms with Gasteiger partial charge in [0.25, 0.3) is 6.47 Å². The van der Waals surface area contributed by atoms with E-state index in [9.17, 15) is 9.59 Å². The zero-order valence-corrected chi connectivity index (χ0v) is 28.3. The largest absolute Gasteiger partial charge is 0.465 e. The van der Waals surface area contributed by atoms with Crippen LogP contribution in [0.5, 0.6) is 0 Å². The molecule has 0 aliphatic heterocycles. The van der Waals surface area contributed by atoms with Crippen molar-refractivity contribution in [2.24, 2.45) is 0 Å². The maximum Gasteiger partial charge on any atom is 0.293 e. The van der Waals surface area contributed by atoms with Gasteiger partial charge in [-0.05, 0) is 71.4 Å². The first kappa shape index (κ1) is 42.2. The number of hydrogen-bond donors (Lipinski definition) is 1. The molecule has 0 aliphatic rings. The van der Waals surface area contributed by atoms with Crippen LogP contribution in [-0.4, -0.2) is 54.6 Å². The molecule has 0 aromatic rings.